The molecule has 0 bridgehead atoms. The number of sulfonamides is 1. The molecule has 0 atom stereocenters. The number of hydrogen-bond acceptors (Lipinski definition) is 6. The molecule has 0 radical (unpaired) electrons. The number of ether oxygens (including phenoxy) is 2. The first-order chi connectivity index (χ1) is 17.2. The minimum atomic E-state index is -3.77. The molecule has 0 spiro atoms. The molecule has 0 aliphatic heterocycles. The highest BCUT2D eigenvalue weighted by Crippen LogP contribution is 2.21. The Morgan fingerprint density at radius 1 is 0.861 bits per heavy atom. The van der Waals surface area contributed by atoms with E-state index in [0.29, 0.717) is 29.3 Å². The van der Waals surface area contributed by atoms with Crippen LogP contribution in [0.4, 0.5) is 11.4 Å². The number of carbonyl (C=O) groups excluding carboxylic acids is 2. The van der Waals surface area contributed by atoms with Gasteiger partial charge < -0.3 is 14.8 Å². The molecule has 0 saturated heterocycles. The molecule has 0 aliphatic carbocycles. The van der Waals surface area contributed by atoms with Crippen LogP contribution in [0.2, 0.25) is 0 Å². The molecule has 0 aromatic heterocycles. The average Bonchev–Trinajstić information content (AvgIpc) is 2.82. The van der Waals surface area contributed by atoms with E-state index in [4.69, 9.17) is 9.47 Å². The maximum atomic E-state index is 12.7. The Morgan fingerprint density at radius 3 is 2.11 bits per heavy atom. The summed E-state index contributed by atoms with van der Waals surface area (Å²) in [7, 11) is -3.77. The second kappa shape index (κ2) is 12.2. The summed E-state index contributed by atoms with van der Waals surface area (Å²) in [6, 6.07) is 17.7. The Labute approximate surface area is 211 Å². The van der Waals surface area contributed by atoms with Crippen molar-refractivity contribution in [3.63, 3.8) is 0 Å². The summed E-state index contributed by atoms with van der Waals surface area (Å²) in [5, 5.41) is 2.68. The van der Waals surface area contributed by atoms with Gasteiger partial charge in [0.25, 0.3) is 15.9 Å². The van der Waals surface area contributed by atoms with Gasteiger partial charge in [-0.05, 0) is 92.1 Å². The Hall–Kier alpha value is -3.85. The van der Waals surface area contributed by atoms with Crippen molar-refractivity contribution in [2.45, 2.75) is 38.5 Å². The summed E-state index contributed by atoms with van der Waals surface area (Å²) in [5.41, 5.74) is 3.31. The van der Waals surface area contributed by atoms with Crippen LogP contribution < -0.4 is 14.8 Å². The standard InChI is InChI=1S/C27H30N2O6S/c1-4-5-14-34-27(31)21-6-8-22(9-7-21)28-26(30)18-35-24-10-12-25(13-11-24)36(32,33)29-23-16-19(2)15-20(3)17-23/h6-13,15-17,29H,4-5,14,18H2,1-3H3,(H,28,30). The van der Waals surface area contributed by atoms with E-state index in [1.54, 1.807) is 36.4 Å². The molecule has 1 amide bonds. The zero-order chi connectivity index (χ0) is 26.1. The third kappa shape index (κ3) is 7.84. The molecule has 9 heteroatoms. The van der Waals surface area contributed by atoms with Crippen LogP contribution in [0.15, 0.2) is 71.6 Å². The monoisotopic (exact) mass is 510 g/mol. The van der Waals surface area contributed by atoms with Crippen molar-refractivity contribution >= 4 is 33.3 Å². The lowest BCUT2D eigenvalue weighted by molar-refractivity contribution is -0.118. The van der Waals surface area contributed by atoms with E-state index < -0.39 is 21.9 Å². The van der Waals surface area contributed by atoms with Gasteiger partial charge in [0.15, 0.2) is 6.61 Å². The van der Waals surface area contributed by atoms with E-state index >= 15 is 0 Å². The smallest absolute Gasteiger partial charge is 0.338 e. The molecule has 3 rings (SSSR count). The summed E-state index contributed by atoms with van der Waals surface area (Å²) >= 11 is 0. The Bertz CT molecular complexity index is 1280. The molecular formula is C27H30N2O6S. The van der Waals surface area contributed by atoms with Gasteiger partial charge >= 0.3 is 5.97 Å². The minimum Gasteiger partial charge on any atom is -0.484 e. The highest BCUT2D eigenvalue weighted by atomic mass is 32.2. The number of rotatable bonds is 11. The van der Waals surface area contributed by atoms with Crippen LogP contribution in [0.3, 0.4) is 0 Å². The number of amides is 1. The van der Waals surface area contributed by atoms with Crippen molar-refractivity contribution in [1.82, 2.24) is 0 Å². The Kier molecular flexibility index (Phi) is 9.08. The second-order valence-electron chi connectivity index (χ2n) is 8.36. The quantitative estimate of drug-likeness (QED) is 0.275. The second-order valence-corrected chi connectivity index (χ2v) is 10.0. The van der Waals surface area contributed by atoms with Crippen LogP contribution >= 0.6 is 0 Å². The van der Waals surface area contributed by atoms with Crippen molar-refractivity contribution < 1.29 is 27.5 Å². The summed E-state index contributed by atoms with van der Waals surface area (Å²) < 4.78 is 38.6. The van der Waals surface area contributed by atoms with Crippen molar-refractivity contribution in [2.75, 3.05) is 23.3 Å². The van der Waals surface area contributed by atoms with Gasteiger partial charge in [0.05, 0.1) is 17.1 Å². The maximum Gasteiger partial charge on any atom is 0.338 e. The van der Waals surface area contributed by atoms with Gasteiger partial charge in [0.1, 0.15) is 5.75 Å². The van der Waals surface area contributed by atoms with Crippen LogP contribution in [-0.4, -0.2) is 33.5 Å². The number of nitrogens with one attached hydrogen (secondary N) is 2. The summed E-state index contributed by atoms with van der Waals surface area (Å²) in [6.45, 7) is 5.91. The number of anilines is 2. The topological polar surface area (TPSA) is 111 Å². The molecule has 0 fully saturated rings. The lowest BCUT2D eigenvalue weighted by Gasteiger charge is -2.11. The molecule has 0 unspecified atom stereocenters. The molecule has 8 nitrogen and oxygen atoms in total. The molecule has 0 saturated carbocycles. The van der Waals surface area contributed by atoms with Gasteiger partial charge in [0.2, 0.25) is 0 Å². The summed E-state index contributed by atoms with van der Waals surface area (Å²) in [4.78, 5) is 24.3. The van der Waals surface area contributed by atoms with Crippen LogP contribution in [0.1, 0.15) is 41.3 Å². The number of aryl methyl sites for hydroxylation is 2. The van der Waals surface area contributed by atoms with Crippen LogP contribution in [-0.2, 0) is 19.6 Å². The van der Waals surface area contributed by atoms with Crippen LogP contribution in [0.25, 0.3) is 0 Å². The number of benzene rings is 3. The van der Waals surface area contributed by atoms with Gasteiger partial charge in [-0.3, -0.25) is 9.52 Å². The third-order valence-electron chi connectivity index (χ3n) is 5.11. The summed E-state index contributed by atoms with van der Waals surface area (Å²) in [6.07, 6.45) is 1.75. The van der Waals surface area contributed by atoms with Crippen LogP contribution in [0, 0.1) is 13.8 Å². The number of carbonyl (C=O) groups is 2. The van der Waals surface area contributed by atoms with E-state index in [9.17, 15) is 18.0 Å². The van der Waals surface area contributed by atoms with Crippen LogP contribution in [0.5, 0.6) is 5.75 Å². The van der Waals surface area contributed by atoms with Crippen molar-refractivity contribution in [1.29, 1.82) is 0 Å². The summed E-state index contributed by atoms with van der Waals surface area (Å²) in [5.74, 6) is -0.457. The van der Waals surface area contributed by atoms with E-state index in [1.165, 1.54) is 24.3 Å². The number of unbranched alkanes of at least 4 members (excludes halogenated alkanes) is 1. The fraction of sp³-hybridized carbons (Fsp3) is 0.259. The molecule has 3 aromatic carbocycles. The first-order valence-corrected chi connectivity index (χ1v) is 13.1. The largest absolute Gasteiger partial charge is 0.484 e. The molecule has 36 heavy (non-hydrogen) atoms. The highest BCUT2D eigenvalue weighted by molar-refractivity contribution is 7.92. The lowest BCUT2D eigenvalue weighted by Crippen LogP contribution is -2.20. The number of hydrogen-bond donors (Lipinski definition) is 2. The molecule has 2 N–H and O–H groups in total. The van der Waals surface area contributed by atoms with Gasteiger partial charge in [-0.25, -0.2) is 13.2 Å². The normalized spacial score (nSPS) is 11.0. The number of esters is 1. The van der Waals surface area contributed by atoms with E-state index in [-0.39, 0.29) is 11.5 Å². The zero-order valence-corrected chi connectivity index (χ0v) is 21.4. The van der Waals surface area contributed by atoms with E-state index in [1.807, 2.05) is 26.8 Å². The molecule has 0 aliphatic rings. The van der Waals surface area contributed by atoms with Gasteiger partial charge in [-0.2, -0.15) is 0 Å². The molecular weight excluding hydrogens is 480 g/mol. The molecule has 3 aromatic rings. The molecule has 0 heterocycles. The highest BCUT2D eigenvalue weighted by Gasteiger charge is 2.15. The SMILES string of the molecule is CCCCOC(=O)c1ccc(NC(=O)COc2ccc(S(=O)(=O)Nc3cc(C)cc(C)c3)cc2)cc1. The van der Waals surface area contributed by atoms with E-state index in [2.05, 4.69) is 10.0 Å². The predicted molar refractivity (Wildman–Crippen MR) is 139 cm³/mol. The zero-order valence-electron chi connectivity index (χ0n) is 20.5. The minimum absolute atomic E-state index is 0.0757. The maximum absolute atomic E-state index is 12.7. The fourth-order valence-corrected chi connectivity index (χ4v) is 4.43. The third-order valence-corrected chi connectivity index (χ3v) is 6.51. The molecule has 190 valence electrons. The van der Waals surface area contributed by atoms with Gasteiger partial charge in [0, 0.05) is 11.4 Å². The van der Waals surface area contributed by atoms with Crippen molar-refractivity contribution in [3.05, 3.63) is 83.4 Å². The first-order valence-electron chi connectivity index (χ1n) is 11.6. The Balaban J connectivity index is 1.51. The van der Waals surface area contributed by atoms with Crippen molar-refractivity contribution in [2.24, 2.45) is 0 Å². The Morgan fingerprint density at radius 2 is 1.50 bits per heavy atom. The van der Waals surface area contributed by atoms with Gasteiger partial charge in [-0.1, -0.05) is 19.4 Å². The fourth-order valence-electron chi connectivity index (χ4n) is 3.39. The first kappa shape index (κ1) is 26.7. The predicted octanol–water partition coefficient (Wildman–Crippen LogP) is 5.08. The lowest BCUT2D eigenvalue weighted by atomic mass is 10.1. The average molecular weight is 511 g/mol. The van der Waals surface area contributed by atoms with E-state index in [0.717, 1.165) is 24.0 Å². The van der Waals surface area contributed by atoms with Crippen molar-refractivity contribution in [3.8, 4) is 5.75 Å². The van der Waals surface area contributed by atoms with Gasteiger partial charge in [-0.15, -0.1) is 0 Å².